The summed E-state index contributed by atoms with van der Waals surface area (Å²) in [5.74, 6) is -0.886. The molecule has 0 aromatic carbocycles. The summed E-state index contributed by atoms with van der Waals surface area (Å²) < 4.78 is 13.9. The van der Waals surface area contributed by atoms with Crippen LogP contribution in [-0.2, 0) is 27.4 Å². The Morgan fingerprint density at radius 2 is 0.933 bits per heavy atom. The maximum absolute atomic E-state index is 11.0. The predicted octanol–water partition coefficient (Wildman–Crippen LogP) is 7.73. The minimum Gasteiger partial charge on any atom is -0.465 e. The molecule has 0 aliphatic heterocycles. The van der Waals surface area contributed by atoms with E-state index in [1.165, 1.54) is 32.4 Å². The Morgan fingerprint density at radius 1 is 0.578 bits per heavy atom. The quantitative estimate of drug-likeness (QED) is 0.161. The third kappa shape index (κ3) is 16.2. The largest absolute Gasteiger partial charge is 0.465 e. The number of pyridine rings is 4. The van der Waals surface area contributed by atoms with Crippen LogP contribution in [0.1, 0.15) is 48.9 Å². The summed E-state index contributed by atoms with van der Waals surface area (Å²) in [5.41, 5.74) is 5.03. The van der Waals surface area contributed by atoms with E-state index in [1.54, 1.807) is 38.3 Å². The number of carbonyl (C=O) groups excluding carboxylic acids is 2. The molecule has 0 spiro atoms. The van der Waals surface area contributed by atoms with Crippen molar-refractivity contribution in [3.63, 3.8) is 0 Å². The number of carbonyl (C=O) groups is 2. The number of ether oxygens (including phenoxy) is 3. The number of aromatic nitrogens is 4. The third-order valence-electron chi connectivity index (χ3n) is 4.98. The Morgan fingerprint density at radius 3 is 1.31 bits per heavy atom. The average molecular weight is 721 g/mol. The molecule has 10 nitrogen and oxygen atoms in total. The maximum Gasteiger partial charge on any atom is 0.338 e. The second-order valence-corrected chi connectivity index (χ2v) is 10.7. The van der Waals surface area contributed by atoms with E-state index in [-0.39, 0.29) is 16.9 Å². The van der Waals surface area contributed by atoms with E-state index in [1.807, 2.05) is 19.9 Å². The van der Waals surface area contributed by atoms with Crippen LogP contribution in [0.4, 0.5) is 0 Å². The first-order valence-electron chi connectivity index (χ1n) is 12.7. The van der Waals surface area contributed by atoms with Crippen molar-refractivity contribution in [2.24, 2.45) is 0 Å². The van der Waals surface area contributed by atoms with E-state index in [0.29, 0.717) is 38.9 Å². The lowest BCUT2D eigenvalue weighted by Crippen LogP contribution is -2.02. The fourth-order valence-corrected chi connectivity index (χ4v) is 4.56. The van der Waals surface area contributed by atoms with Crippen molar-refractivity contribution in [3.05, 3.63) is 114 Å². The summed E-state index contributed by atoms with van der Waals surface area (Å²) in [7, 11) is 4.26. The molecule has 0 bridgehead atoms. The normalized spacial score (nSPS) is 9.78. The van der Waals surface area contributed by atoms with Crippen molar-refractivity contribution >= 4 is 69.9 Å². The third-order valence-corrected chi connectivity index (χ3v) is 5.95. The number of halogens is 5. The van der Waals surface area contributed by atoms with E-state index < -0.39 is 11.9 Å². The van der Waals surface area contributed by atoms with Gasteiger partial charge in [0.15, 0.2) is 0 Å². The Labute approximate surface area is 286 Å². The Balaban J connectivity index is 0.000000301. The molecular weight excluding hydrogens is 690 g/mol. The van der Waals surface area contributed by atoms with Gasteiger partial charge < -0.3 is 19.3 Å². The van der Waals surface area contributed by atoms with Crippen LogP contribution in [-0.4, -0.2) is 58.3 Å². The Bertz CT molecular complexity index is 1430. The summed E-state index contributed by atoms with van der Waals surface area (Å²) in [6.45, 7) is 6.11. The van der Waals surface area contributed by atoms with Gasteiger partial charge in [0, 0.05) is 24.2 Å². The van der Waals surface area contributed by atoms with Crippen LogP contribution in [0.3, 0.4) is 0 Å². The Hall–Kier alpha value is -3.09. The van der Waals surface area contributed by atoms with Crippen molar-refractivity contribution in [2.75, 3.05) is 21.3 Å². The number of nitrogens with zero attached hydrogens (tertiary/aromatic N) is 4. The van der Waals surface area contributed by atoms with Gasteiger partial charge in [0.2, 0.25) is 0 Å². The first-order valence-corrected chi connectivity index (χ1v) is 14.6. The highest BCUT2D eigenvalue weighted by atomic mass is 35.5. The van der Waals surface area contributed by atoms with E-state index in [4.69, 9.17) is 67.8 Å². The SMILES string of the molecule is COC(=O)c1cc(C)nc(Cl)c1.COC(=O)c1cc(Cl)nc(Cl)c1.COCc1cc(C)nc(Cl)c1.Cc1cc(CO)cc(Cl)n1. The average Bonchev–Trinajstić information content (AvgIpc) is 2.95. The summed E-state index contributed by atoms with van der Waals surface area (Å²) in [6, 6.07) is 13.1. The second-order valence-electron chi connectivity index (χ2n) is 8.77. The van der Waals surface area contributed by atoms with Crippen LogP contribution in [0.5, 0.6) is 0 Å². The Kier molecular flexibility index (Phi) is 18.5. The van der Waals surface area contributed by atoms with Gasteiger partial charge in [0.25, 0.3) is 0 Å². The fourth-order valence-electron chi connectivity index (χ4n) is 3.30. The number of aliphatic hydroxyl groups is 1. The van der Waals surface area contributed by atoms with Crippen LogP contribution >= 0.6 is 58.0 Å². The standard InChI is InChI=1S/C8H8ClNO2.C8H10ClNO.C7H5Cl2NO2.C7H8ClNO/c1-5-3-6(8(11)12-2)4-7(9)10-5;1-6-3-7(5-11-2)4-8(9)10-6;1-12-7(11)4-2-5(8)10-6(9)3-4;1-5-2-6(4-10)3-7(8)9-5/h3-4H,1-2H3;3-4H,5H2,1-2H3;2-3H,1H3;2-3,10H,4H2,1H3. The molecule has 0 amide bonds. The monoisotopic (exact) mass is 718 g/mol. The molecule has 0 unspecified atom stereocenters. The van der Waals surface area contributed by atoms with Crippen molar-refractivity contribution in [3.8, 4) is 0 Å². The molecule has 1 N–H and O–H groups in total. The van der Waals surface area contributed by atoms with Gasteiger partial charge in [-0.2, -0.15) is 0 Å². The molecular formula is C30H31Cl5N4O6. The summed E-state index contributed by atoms with van der Waals surface area (Å²) in [5, 5.41) is 10.3. The van der Waals surface area contributed by atoms with Gasteiger partial charge in [-0.1, -0.05) is 58.0 Å². The lowest BCUT2D eigenvalue weighted by atomic mass is 10.2. The van der Waals surface area contributed by atoms with Crippen molar-refractivity contribution in [1.29, 1.82) is 0 Å². The molecule has 45 heavy (non-hydrogen) atoms. The number of methoxy groups -OCH3 is 3. The molecule has 4 heterocycles. The molecule has 0 saturated carbocycles. The van der Waals surface area contributed by atoms with Crippen molar-refractivity contribution < 1.29 is 28.9 Å². The highest BCUT2D eigenvalue weighted by Gasteiger charge is 2.08. The van der Waals surface area contributed by atoms with Gasteiger partial charge in [-0.3, -0.25) is 0 Å². The highest BCUT2D eigenvalue weighted by molar-refractivity contribution is 6.33. The van der Waals surface area contributed by atoms with Gasteiger partial charge in [-0.05, 0) is 80.4 Å². The molecule has 0 saturated heterocycles. The van der Waals surface area contributed by atoms with Gasteiger partial charge >= 0.3 is 11.9 Å². The van der Waals surface area contributed by atoms with E-state index in [2.05, 4.69) is 29.4 Å². The van der Waals surface area contributed by atoms with E-state index in [0.717, 1.165) is 22.5 Å². The topological polar surface area (TPSA) is 134 Å². The van der Waals surface area contributed by atoms with Gasteiger partial charge in [-0.15, -0.1) is 0 Å². The van der Waals surface area contributed by atoms with E-state index in [9.17, 15) is 9.59 Å². The minimum absolute atomic E-state index is 0.0169. The van der Waals surface area contributed by atoms with Crippen molar-refractivity contribution in [1.82, 2.24) is 19.9 Å². The van der Waals surface area contributed by atoms with Crippen LogP contribution in [0, 0.1) is 20.8 Å². The van der Waals surface area contributed by atoms with Crippen LogP contribution < -0.4 is 0 Å². The van der Waals surface area contributed by atoms with Crippen LogP contribution in [0.15, 0.2) is 48.5 Å². The zero-order valence-corrected chi connectivity index (χ0v) is 29.0. The van der Waals surface area contributed by atoms with Crippen LogP contribution in [0.2, 0.25) is 25.8 Å². The summed E-state index contributed by atoms with van der Waals surface area (Å²) >= 11 is 28.1. The van der Waals surface area contributed by atoms with E-state index >= 15 is 0 Å². The highest BCUT2D eigenvalue weighted by Crippen LogP contribution is 2.15. The van der Waals surface area contributed by atoms with Crippen molar-refractivity contribution in [2.45, 2.75) is 34.0 Å². The number of aliphatic hydroxyl groups excluding tert-OH is 1. The molecule has 4 aromatic heterocycles. The molecule has 0 atom stereocenters. The predicted molar refractivity (Wildman–Crippen MR) is 176 cm³/mol. The second kappa shape index (κ2) is 20.8. The minimum atomic E-state index is -0.485. The number of esters is 2. The summed E-state index contributed by atoms with van der Waals surface area (Å²) in [6.07, 6.45) is 0. The molecule has 0 aliphatic carbocycles. The molecule has 0 fully saturated rings. The van der Waals surface area contributed by atoms with Crippen LogP contribution in [0.25, 0.3) is 0 Å². The fraction of sp³-hybridized carbons (Fsp3) is 0.267. The first kappa shape index (κ1) is 39.9. The smallest absolute Gasteiger partial charge is 0.338 e. The summed E-state index contributed by atoms with van der Waals surface area (Å²) in [4.78, 5) is 37.5. The van der Waals surface area contributed by atoms with Gasteiger partial charge in [0.05, 0.1) is 38.6 Å². The maximum atomic E-state index is 11.0. The number of hydrogen-bond acceptors (Lipinski definition) is 10. The lowest BCUT2D eigenvalue weighted by Gasteiger charge is -2.00. The molecule has 0 radical (unpaired) electrons. The lowest BCUT2D eigenvalue weighted by molar-refractivity contribution is 0.0591. The molecule has 4 rings (SSSR count). The van der Waals surface area contributed by atoms with Gasteiger partial charge in [-0.25, -0.2) is 29.5 Å². The number of hydrogen-bond donors (Lipinski definition) is 1. The molecule has 0 aliphatic rings. The molecule has 15 heteroatoms. The molecule has 4 aromatic rings. The number of aryl methyl sites for hydroxylation is 3. The zero-order valence-electron chi connectivity index (χ0n) is 25.2. The number of rotatable bonds is 5. The zero-order chi connectivity index (χ0) is 34.1. The first-order chi connectivity index (χ1) is 21.2. The molecule has 242 valence electrons. The van der Waals surface area contributed by atoms with Gasteiger partial charge in [0.1, 0.15) is 25.8 Å².